The van der Waals surface area contributed by atoms with Gasteiger partial charge in [-0.25, -0.2) is 0 Å². The van der Waals surface area contributed by atoms with Crippen LogP contribution in [-0.4, -0.2) is 35.2 Å². The molecular formula is C13H22N2O4. The highest BCUT2D eigenvalue weighted by Gasteiger charge is 1.87. The van der Waals surface area contributed by atoms with Crippen LogP contribution in [0.2, 0.25) is 0 Å². The van der Waals surface area contributed by atoms with Crippen molar-refractivity contribution in [2.45, 2.75) is 20.4 Å². The second-order valence-electron chi connectivity index (χ2n) is 3.49. The van der Waals surface area contributed by atoms with Crippen LogP contribution in [0, 0.1) is 0 Å². The van der Waals surface area contributed by atoms with Crippen molar-refractivity contribution in [3.63, 3.8) is 0 Å². The zero-order valence-electron chi connectivity index (χ0n) is 11.3. The Hall–Kier alpha value is -1.92. The molecule has 0 aromatic heterocycles. The summed E-state index contributed by atoms with van der Waals surface area (Å²) in [7, 11) is 0. The summed E-state index contributed by atoms with van der Waals surface area (Å²) in [4.78, 5) is 18.0. The lowest BCUT2D eigenvalue weighted by Gasteiger charge is -2.01. The predicted molar refractivity (Wildman–Crippen MR) is 73.8 cm³/mol. The van der Waals surface area contributed by atoms with Gasteiger partial charge in [0.05, 0.1) is 0 Å². The van der Waals surface area contributed by atoms with Gasteiger partial charge in [0, 0.05) is 33.5 Å². The molecule has 0 radical (unpaired) electrons. The molecule has 1 rings (SSSR count). The van der Waals surface area contributed by atoms with Gasteiger partial charge in [0.2, 0.25) is 0 Å². The van der Waals surface area contributed by atoms with Crippen LogP contribution in [0.3, 0.4) is 0 Å². The van der Waals surface area contributed by atoms with E-state index >= 15 is 0 Å². The zero-order valence-corrected chi connectivity index (χ0v) is 11.3. The summed E-state index contributed by atoms with van der Waals surface area (Å²) in [5.41, 5.74) is 6.64. The predicted octanol–water partition coefficient (Wildman–Crippen LogP) is 0.917. The number of hydrogen-bond acceptors (Lipinski definition) is 4. The molecule has 1 aromatic carbocycles. The van der Waals surface area contributed by atoms with Crippen LogP contribution in [0.4, 0.5) is 0 Å². The molecule has 0 heterocycles. The first kappa shape index (κ1) is 19.4. The lowest BCUT2D eigenvalue weighted by Crippen LogP contribution is -2.21. The van der Waals surface area contributed by atoms with Crippen molar-refractivity contribution in [2.75, 3.05) is 13.1 Å². The fourth-order valence-corrected chi connectivity index (χ4v) is 0.931. The van der Waals surface area contributed by atoms with Crippen LogP contribution in [0.25, 0.3) is 0 Å². The molecule has 0 saturated carbocycles. The highest BCUT2D eigenvalue weighted by Crippen LogP contribution is 1.96. The molecule has 0 atom stereocenters. The Morgan fingerprint density at radius 3 is 1.89 bits per heavy atom. The van der Waals surface area contributed by atoms with E-state index in [2.05, 4.69) is 17.4 Å². The van der Waals surface area contributed by atoms with E-state index in [1.54, 1.807) is 0 Å². The molecule has 0 saturated heterocycles. The fraction of sp³-hybridized carbons (Fsp3) is 0.385. The van der Waals surface area contributed by atoms with E-state index in [1.165, 1.54) is 5.56 Å². The molecular weight excluding hydrogens is 248 g/mol. The molecule has 0 unspecified atom stereocenters. The number of rotatable bonds is 4. The van der Waals surface area contributed by atoms with Gasteiger partial charge in [-0.3, -0.25) is 9.59 Å². The minimum atomic E-state index is -0.833. The van der Waals surface area contributed by atoms with Gasteiger partial charge in [-0.15, -0.1) is 0 Å². The first-order valence-corrected chi connectivity index (χ1v) is 5.74. The average Bonchev–Trinajstić information content (AvgIpc) is 2.29. The van der Waals surface area contributed by atoms with Crippen molar-refractivity contribution < 1.29 is 19.8 Å². The summed E-state index contributed by atoms with van der Waals surface area (Å²) in [5, 5.41) is 18.1. The van der Waals surface area contributed by atoms with Gasteiger partial charge in [-0.2, -0.15) is 0 Å². The third-order valence-corrected chi connectivity index (χ3v) is 1.49. The number of hydrogen-bond donors (Lipinski definition) is 4. The van der Waals surface area contributed by atoms with Gasteiger partial charge in [0.1, 0.15) is 0 Å². The Morgan fingerprint density at radius 2 is 1.53 bits per heavy atom. The number of nitrogens with two attached hydrogens (primary N) is 1. The Balaban J connectivity index is 0. The van der Waals surface area contributed by atoms with Crippen LogP contribution in [0.1, 0.15) is 19.4 Å². The molecule has 0 aliphatic carbocycles. The van der Waals surface area contributed by atoms with E-state index in [1.807, 2.05) is 18.2 Å². The molecule has 5 N–H and O–H groups in total. The molecule has 108 valence electrons. The first-order chi connectivity index (χ1) is 8.90. The molecule has 0 aliphatic rings. The third-order valence-electron chi connectivity index (χ3n) is 1.49. The lowest BCUT2D eigenvalue weighted by molar-refractivity contribution is -0.135. The Labute approximate surface area is 113 Å². The number of benzene rings is 1. The van der Waals surface area contributed by atoms with Crippen molar-refractivity contribution >= 4 is 11.9 Å². The van der Waals surface area contributed by atoms with Crippen molar-refractivity contribution in [3.05, 3.63) is 35.9 Å². The Bertz CT molecular complexity index is 322. The van der Waals surface area contributed by atoms with Gasteiger partial charge >= 0.3 is 0 Å². The molecule has 6 nitrogen and oxygen atoms in total. The second kappa shape index (κ2) is 14.1. The minimum Gasteiger partial charge on any atom is -0.481 e. The molecule has 1 aromatic rings. The Morgan fingerprint density at radius 1 is 1.11 bits per heavy atom. The van der Waals surface area contributed by atoms with Crippen LogP contribution in [0.15, 0.2) is 30.3 Å². The summed E-state index contributed by atoms with van der Waals surface area (Å²) in [5.74, 6) is -1.67. The van der Waals surface area contributed by atoms with Crippen LogP contribution in [0.5, 0.6) is 0 Å². The molecule has 0 bridgehead atoms. The topological polar surface area (TPSA) is 113 Å². The molecule has 0 amide bonds. The van der Waals surface area contributed by atoms with Gasteiger partial charge in [-0.1, -0.05) is 30.3 Å². The monoisotopic (exact) mass is 270 g/mol. The van der Waals surface area contributed by atoms with E-state index in [0.29, 0.717) is 6.54 Å². The molecule has 0 aliphatic heterocycles. The normalized spacial score (nSPS) is 8.37. The summed E-state index contributed by atoms with van der Waals surface area (Å²) >= 11 is 0. The van der Waals surface area contributed by atoms with Gasteiger partial charge in [0.25, 0.3) is 11.9 Å². The summed E-state index contributed by atoms with van der Waals surface area (Å²) in [6, 6.07) is 10.3. The van der Waals surface area contributed by atoms with Crippen LogP contribution >= 0.6 is 0 Å². The molecule has 0 fully saturated rings. The number of carboxylic acids is 2. The van der Waals surface area contributed by atoms with E-state index in [4.69, 9.17) is 25.5 Å². The maximum Gasteiger partial charge on any atom is 0.300 e. The maximum atomic E-state index is 9.00. The van der Waals surface area contributed by atoms with E-state index in [9.17, 15) is 0 Å². The highest BCUT2D eigenvalue weighted by atomic mass is 16.4. The molecule has 19 heavy (non-hydrogen) atoms. The summed E-state index contributed by atoms with van der Waals surface area (Å²) < 4.78 is 0. The standard InChI is InChI=1S/C9H14N2.2C2H4O2/c10-6-7-11-8-9-4-2-1-3-5-9;2*1-2(3)4/h1-5,11H,6-8,10H2;2*1H3,(H,3,4). The zero-order chi connectivity index (χ0) is 15.1. The van der Waals surface area contributed by atoms with Crippen molar-refractivity contribution in [1.29, 1.82) is 0 Å². The Kier molecular flexibility index (Phi) is 14.5. The number of aliphatic carboxylic acids is 2. The summed E-state index contributed by atoms with van der Waals surface area (Å²) in [6.45, 7) is 4.67. The first-order valence-electron chi connectivity index (χ1n) is 5.74. The lowest BCUT2D eigenvalue weighted by atomic mass is 10.2. The van der Waals surface area contributed by atoms with E-state index < -0.39 is 11.9 Å². The molecule has 0 spiro atoms. The van der Waals surface area contributed by atoms with Crippen LogP contribution in [-0.2, 0) is 16.1 Å². The van der Waals surface area contributed by atoms with Gasteiger partial charge < -0.3 is 21.3 Å². The minimum absolute atomic E-state index is 0.701. The van der Waals surface area contributed by atoms with Crippen molar-refractivity contribution in [2.24, 2.45) is 5.73 Å². The highest BCUT2D eigenvalue weighted by molar-refractivity contribution is 5.63. The van der Waals surface area contributed by atoms with E-state index in [0.717, 1.165) is 26.9 Å². The number of nitrogens with one attached hydrogen (secondary N) is 1. The van der Waals surface area contributed by atoms with Crippen molar-refractivity contribution in [3.8, 4) is 0 Å². The quantitative estimate of drug-likeness (QED) is 0.605. The van der Waals surface area contributed by atoms with Gasteiger partial charge in [0.15, 0.2) is 0 Å². The SMILES string of the molecule is CC(=O)O.CC(=O)O.NCCNCc1ccccc1. The smallest absolute Gasteiger partial charge is 0.300 e. The summed E-state index contributed by atoms with van der Waals surface area (Å²) in [6.07, 6.45) is 0. The van der Waals surface area contributed by atoms with Crippen molar-refractivity contribution in [1.82, 2.24) is 5.32 Å². The average molecular weight is 270 g/mol. The largest absolute Gasteiger partial charge is 0.481 e. The third kappa shape index (κ3) is 26.0. The second-order valence-corrected chi connectivity index (χ2v) is 3.49. The fourth-order valence-electron chi connectivity index (χ4n) is 0.931. The van der Waals surface area contributed by atoms with Crippen LogP contribution < -0.4 is 11.1 Å². The maximum absolute atomic E-state index is 9.00. The molecule has 6 heteroatoms. The number of carbonyl (C=O) groups is 2. The van der Waals surface area contributed by atoms with E-state index in [-0.39, 0.29) is 0 Å². The van der Waals surface area contributed by atoms with Gasteiger partial charge in [-0.05, 0) is 5.56 Å². The number of carboxylic acid groups (broad SMARTS) is 2.